The smallest absolute Gasteiger partial charge is 0.249 e. The highest BCUT2D eigenvalue weighted by molar-refractivity contribution is 6.01. The Morgan fingerprint density at radius 1 is 1.33 bits per heavy atom. The molecular formula is C17H16FN5O. The van der Waals surface area contributed by atoms with E-state index in [9.17, 15) is 9.18 Å². The molecular weight excluding hydrogens is 309 g/mol. The van der Waals surface area contributed by atoms with E-state index < -0.39 is 0 Å². The zero-order valence-electron chi connectivity index (χ0n) is 13.1. The van der Waals surface area contributed by atoms with Gasteiger partial charge in [0.15, 0.2) is 5.82 Å². The molecule has 3 rings (SSSR count). The Morgan fingerprint density at radius 3 is 2.92 bits per heavy atom. The largest absolute Gasteiger partial charge is 0.306 e. The lowest BCUT2D eigenvalue weighted by atomic mass is 10.2. The van der Waals surface area contributed by atoms with Crippen molar-refractivity contribution in [2.75, 3.05) is 5.32 Å². The van der Waals surface area contributed by atoms with E-state index in [1.165, 1.54) is 12.1 Å². The third kappa shape index (κ3) is 3.95. The van der Waals surface area contributed by atoms with Gasteiger partial charge in [0.1, 0.15) is 5.82 Å². The van der Waals surface area contributed by atoms with E-state index in [1.54, 1.807) is 65.3 Å². The fraction of sp³-hybridized carbons (Fsp3) is 0.118. The molecule has 24 heavy (non-hydrogen) atoms. The molecule has 1 amide bonds. The molecule has 6 nitrogen and oxygen atoms in total. The van der Waals surface area contributed by atoms with E-state index in [4.69, 9.17) is 0 Å². The number of amides is 1. The number of aromatic nitrogens is 4. The van der Waals surface area contributed by atoms with Crippen LogP contribution in [0.4, 0.5) is 10.2 Å². The van der Waals surface area contributed by atoms with Crippen molar-refractivity contribution in [2.24, 2.45) is 7.05 Å². The van der Waals surface area contributed by atoms with Crippen molar-refractivity contribution in [3.8, 4) is 0 Å². The van der Waals surface area contributed by atoms with Gasteiger partial charge in [0.2, 0.25) is 5.91 Å². The van der Waals surface area contributed by atoms with Gasteiger partial charge in [-0.3, -0.25) is 14.2 Å². The minimum absolute atomic E-state index is 0.280. The minimum atomic E-state index is -0.296. The lowest BCUT2D eigenvalue weighted by molar-refractivity contribution is -0.111. The van der Waals surface area contributed by atoms with Gasteiger partial charge in [-0.2, -0.15) is 10.2 Å². The third-order valence-electron chi connectivity index (χ3n) is 3.33. The van der Waals surface area contributed by atoms with Crippen molar-refractivity contribution in [3.63, 3.8) is 0 Å². The van der Waals surface area contributed by atoms with Crippen molar-refractivity contribution < 1.29 is 9.18 Å². The predicted octanol–water partition coefficient (Wildman–Crippen LogP) is 2.46. The van der Waals surface area contributed by atoms with Gasteiger partial charge >= 0.3 is 0 Å². The molecule has 0 radical (unpaired) electrons. The maximum absolute atomic E-state index is 13.6. The predicted molar refractivity (Wildman–Crippen MR) is 88.6 cm³/mol. The highest BCUT2D eigenvalue weighted by Gasteiger charge is 2.05. The number of rotatable bonds is 5. The number of nitrogens with one attached hydrogen (secondary N) is 1. The average Bonchev–Trinajstić information content (AvgIpc) is 3.17. The van der Waals surface area contributed by atoms with Gasteiger partial charge in [0.05, 0.1) is 12.7 Å². The minimum Gasteiger partial charge on any atom is -0.306 e. The van der Waals surface area contributed by atoms with Crippen LogP contribution in [-0.2, 0) is 18.4 Å². The number of carbonyl (C=O) groups is 1. The lowest BCUT2D eigenvalue weighted by Gasteiger charge is -2.03. The summed E-state index contributed by atoms with van der Waals surface area (Å²) in [6, 6.07) is 8.18. The first-order chi connectivity index (χ1) is 11.6. The van der Waals surface area contributed by atoms with Gasteiger partial charge in [0, 0.05) is 42.7 Å². The molecule has 1 aromatic carbocycles. The number of nitrogens with zero attached hydrogens (tertiary/aromatic N) is 4. The highest BCUT2D eigenvalue weighted by atomic mass is 19.1. The van der Waals surface area contributed by atoms with Crippen LogP contribution in [0.3, 0.4) is 0 Å². The zero-order valence-corrected chi connectivity index (χ0v) is 13.1. The molecule has 0 spiro atoms. The summed E-state index contributed by atoms with van der Waals surface area (Å²) in [5.41, 5.74) is 1.37. The molecule has 0 aliphatic rings. The second-order valence-electron chi connectivity index (χ2n) is 5.26. The van der Waals surface area contributed by atoms with E-state index >= 15 is 0 Å². The molecule has 122 valence electrons. The maximum Gasteiger partial charge on any atom is 0.249 e. The van der Waals surface area contributed by atoms with Crippen LogP contribution in [0.2, 0.25) is 0 Å². The molecule has 2 aromatic heterocycles. The number of halogens is 1. The van der Waals surface area contributed by atoms with Gasteiger partial charge in [-0.25, -0.2) is 4.39 Å². The van der Waals surface area contributed by atoms with Gasteiger partial charge in [-0.05, 0) is 12.1 Å². The van der Waals surface area contributed by atoms with Gasteiger partial charge in [0.25, 0.3) is 0 Å². The van der Waals surface area contributed by atoms with Crippen molar-refractivity contribution in [1.29, 1.82) is 0 Å². The fourth-order valence-electron chi connectivity index (χ4n) is 2.18. The van der Waals surface area contributed by atoms with Crippen LogP contribution < -0.4 is 5.32 Å². The first-order valence-corrected chi connectivity index (χ1v) is 7.35. The van der Waals surface area contributed by atoms with Crippen molar-refractivity contribution in [2.45, 2.75) is 6.54 Å². The highest BCUT2D eigenvalue weighted by Crippen LogP contribution is 2.10. The molecule has 2 heterocycles. The van der Waals surface area contributed by atoms with Crippen molar-refractivity contribution >= 4 is 17.8 Å². The molecule has 1 N–H and O–H groups in total. The third-order valence-corrected chi connectivity index (χ3v) is 3.33. The SMILES string of the molecule is Cn1cc(/C=C/C(=O)Nc2ccn(Cc3ccccc3F)n2)cn1. The molecule has 0 bridgehead atoms. The molecule has 0 atom stereocenters. The summed E-state index contributed by atoms with van der Waals surface area (Å²) in [6.07, 6.45) is 8.22. The van der Waals surface area contributed by atoms with E-state index in [2.05, 4.69) is 15.5 Å². The second kappa shape index (κ2) is 6.91. The van der Waals surface area contributed by atoms with Crippen LogP contribution in [0, 0.1) is 5.82 Å². The standard InChI is InChI=1S/C17H16FN5O/c1-22-11-13(10-19-22)6-7-17(24)20-16-8-9-23(21-16)12-14-4-2-3-5-15(14)18/h2-11H,12H2,1H3,(H,20,21,24)/b7-6+. The number of hydrogen-bond acceptors (Lipinski definition) is 3. The summed E-state index contributed by atoms with van der Waals surface area (Å²) in [5.74, 6) is -0.167. The summed E-state index contributed by atoms with van der Waals surface area (Å²) in [6.45, 7) is 0.300. The lowest BCUT2D eigenvalue weighted by Crippen LogP contribution is -2.09. The van der Waals surface area contributed by atoms with Gasteiger partial charge in [-0.1, -0.05) is 18.2 Å². The Labute approximate surface area is 138 Å². The molecule has 7 heteroatoms. The Balaban J connectivity index is 1.60. The second-order valence-corrected chi connectivity index (χ2v) is 5.26. The van der Waals surface area contributed by atoms with Crippen LogP contribution in [0.25, 0.3) is 6.08 Å². The summed E-state index contributed by atoms with van der Waals surface area (Å²) in [5, 5.41) is 10.9. The Morgan fingerprint density at radius 2 is 2.17 bits per heavy atom. The van der Waals surface area contributed by atoms with Crippen LogP contribution in [0.5, 0.6) is 0 Å². The molecule has 3 aromatic rings. The van der Waals surface area contributed by atoms with E-state index in [-0.39, 0.29) is 11.7 Å². The fourth-order valence-corrected chi connectivity index (χ4v) is 2.18. The first-order valence-electron chi connectivity index (χ1n) is 7.35. The molecule has 0 fully saturated rings. The summed E-state index contributed by atoms with van der Waals surface area (Å²) >= 11 is 0. The van der Waals surface area contributed by atoms with Crippen LogP contribution in [0.15, 0.2) is 55.0 Å². The van der Waals surface area contributed by atoms with Crippen molar-refractivity contribution in [1.82, 2.24) is 19.6 Å². The summed E-state index contributed by atoms with van der Waals surface area (Å²) in [7, 11) is 1.81. The summed E-state index contributed by atoms with van der Waals surface area (Å²) < 4.78 is 16.9. The topological polar surface area (TPSA) is 64.7 Å². The summed E-state index contributed by atoms with van der Waals surface area (Å²) in [4.78, 5) is 11.9. The van der Waals surface area contributed by atoms with E-state index in [0.29, 0.717) is 17.9 Å². The Bertz CT molecular complexity index is 881. The number of carbonyl (C=O) groups excluding carboxylic acids is 1. The number of anilines is 1. The molecule has 0 aliphatic carbocycles. The molecule has 0 aliphatic heterocycles. The Hall–Kier alpha value is -3.22. The first kappa shape index (κ1) is 15.7. The number of benzene rings is 1. The van der Waals surface area contributed by atoms with Crippen LogP contribution in [-0.4, -0.2) is 25.5 Å². The number of hydrogen-bond donors (Lipinski definition) is 1. The molecule has 0 saturated heterocycles. The molecule has 0 saturated carbocycles. The van der Waals surface area contributed by atoms with Crippen LogP contribution in [0.1, 0.15) is 11.1 Å². The van der Waals surface area contributed by atoms with E-state index in [1.807, 2.05) is 0 Å². The van der Waals surface area contributed by atoms with Crippen molar-refractivity contribution in [3.05, 3.63) is 71.9 Å². The molecule has 0 unspecified atom stereocenters. The quantitative estimate of drug-likeness (QED) is 0.733. The monoisotopic (exact) mass is 325 g/mol. The van der Waals surface area contributed by atoms with E-state index in [0.717, 1.165) is 5.56 Å². The zero-order chi connectivity index (χ0) is 16.9. The van der Waals surface area contributed by atoms with Gasteiger partial charge < -0.3 is 5.32 Å². The van der Waals surface area contributed by atoms with Crippen LogP contribution >= 0.6 is 0 Å². The number of aryl methyl sites for hydroxylation is 1. The Kier molecular flexibility index (Phi) is 4.51. The normalized spacial score (nSPS) is 11.1. The maximum atomic E-state index is 13.6. The van der Waals surface area contributed by atoms with Gasteiger partial charge in [-0.15, -0.1) is 0 Å². The average molecular weight is 325 g/mol.